The van der Waals surface area contributed by atoms with E-state index in [1.807, 2.05) is 18.2 Å². The summed E-state index contributed by atoms with van der Waals surface area (Å²) in [7, 11) is 0. The van der Waals surface area contributed by atoms with E-state index in [4.69, 9.17) is 5.11 Å². The van der Waals surface area contributed by atoms with Crippen molar-refractivity contribution in [1.82, 2.24) is 0 Å². The molecule has 0 unspecified atom stereocenters. The van der Waals surface area contributed by atoms with Gasteiger partial charge in [0, 0.05) is 0 Å². The zero-order valence-electron chi connectivity index (χ0n) is 10.5. The van der Waals surface area contributed by atoms with E-state index in [1.165, 1.54) is 6.26 Å². The molecule has 1 heterocycles. The van der Waals surface area contributed by atoms with Crippen LogP contribution >= 0.6 is 0 Å². The van der Waals surface area contributed by atoms with Gasteiger partial charge in [-0.3, -0.25) is 0 Å². The molecule has 0 atom stereocenters. The maximum Gasteiger partial charge on any atom is 0.343 e. The smallest absolute Gasteiger partial charge is 0.343 e. The van der Waals surface area contributed by atoms with Gasteiger partial charge in [-0.25, -0.2) is 9.59 Å². The molecule has 3 rings (SSSR count). The monoisotopic (exact) mass is 268 g/mol. The molecule has 100 valence electrons. The summed E-state index contributed by atoms with van der Waals surface area (Å²) in [6, 6.07) is 17.4. The first-order chi connectivity index (χ1) is 9.68. The number of benzene rings is 2. The summed E-state index contributed by atoms with van der Waals surface area (Å²) in [5.41, 5.74) is 0.0561. The molecule has 0 saturated carbocycles. The number of carboxylic acid groups (broad SMARTS) is 1. The molecule has 2 aromatic carbocycles. The first-order valence-corrected chi connectivity index (χ1v) is 5.93. The van der Waals surface area contributed by atoms with E-state index in [-0.39, 0.29) is 5.63 Å². The van der Waals surface area contributed by atoms with Crippen molar-refractivity contribution in [2.24, 2.45) is 0 Å². The SMILES string of the molecule is O=C(O)c1ccccc1.O=c1occc2ccccc12. The molecule has 3 aromatic rings. The molecule has 0 saturated heterocycles. The Morgan fingerprint density at radius 3 is 2.15 bits per heavy atom. The quantitative estimate of drug-likeness (QED) is 0.736. The molecule has 4 nitrogen and oxygen atoms in total. The van der Waals surface area contributed by atoms with Crippen LogP contribution in [0.2, 0.25) is 0 Å². The summed E-state index contributed by atoms with van der Waals surface area (Å²) in [4.78, 5) is 21.2. The molecule has 0 aliphatic carbocycles. The molecule has 0 radical (unpaired) electrons. The molecule has 0 bridgehead atoms. The van der Waals surface area contributed by atoms with Crippen LogP contribution in [0, 0.1) is 0 Å². The van der Waals surface area contributed by atoms with Crippen LogP contribution in [-0.4, -0.2) is 11.1 Å². The second kappa shape index (κ2) is 6.33. The Morgan fingerprint density at radius 1 is 0.900 bits per heavy atom. The second-order valence-corrected chi connectivity index (χ2v) is 3.97. The normalized spacial score (nSPS) is 9.60. The van der Waals surface area contributed by atoms with Crippen molar-refractivity contribution < 1.29 is 14.3 Å². The van der Waals surface area contributed by atoms with Crippen LogP contribution < -0.4 is 5.63 Å². The van der Waals surface area contributed by atoms with Crippen molar-refractivity contribution in [3.05, 3.63) is 82.9 Å². The molecular weight excluding hydrogens is 256 g/mol. The molecule has 0 aliphatic rings. The lowest BCUT2D eigenvalue weighted by atomic mass is 10.2. The van der Waals surface area contributed by atoms with Crippen LogP contribution in [0.3, 0.4) is 0 Å². The minimum Gasteiger partial charge on any atom is -0.478 e. The Bertz CT molecular complexity index is 755. The van der Waals surface area contributed by atoms with E-state index in [0.29, 0.717) is 10.9 Å². The maximum atomic E-state index is 11.0. The molecule has 0 aliphatic heterocycles. The highest BCUT2D eigenvalue weighted by molar-refractivity contribution is 5.87. The molecule has 1 N–H and O–H groups in total. The van der Waals surface area contributed by atoms with Crippen LogP contribution in [0.5, 0.6) is 0 Å². The largest absolute Gasteiger partial charge is 0.478 e. The number of hydrogen-bond acceptors (Lipinski definition) is 3. The number of rotatable bonds is 1. The van der Waals surface area contributed by atoms with Gasteiger partial charge in [-0.15, -0.1) is 0 Å². The second-order valence-electron chi connectivity index (χ2n) is 3.97. The molecule has 0 fully saturated rings. The van der Waals surface area contributed by atoms with Crippen molar-refractivity contribution in [3.63, 3.8) is 0 Å². The number of fused-ring (bicyclic) bond motifs is 1. The van der Waals surface area contributed by atoms with E-state index >= 15 is 0 Å². The predicted molar refractivity (Wildman–Crippen MR) is 75.9 cm³/mol. The van der Waals surface area contributed by atoms with Gasteiger partial charge in [0.1, 0.15) is 0 Å². The van der Waals surface area contributed by atoms with Gasteiger partial charge in [-0.1, -0.05) is 36.4 Å². The van der Waals surface area contributed by atoms with Gasteiger partial charge in [0.15, 0.2) is 0 Å². The van der Waals surface area contributed by atoms with Crippen molar-refractivity contribution in [3.8, 4) is 0 Å². The Hall–Kier alpha value is -2.88. The van der Waals surface area contributed by atoms with Gasteiger partial charge in [0.05, 0.1) is 17.2 Å². The van der Waals surface area contributed by atoms with E-state index in [1.54, 1.807) is 42.5 Å². The zero-order chi connectivity index (χ0) is 14.4. The predicted octanol–water partition coefficient (Wildman–Crippen LogP) is 3.18. The maximum absolute atomic E-state index is 11.0. The lowest BCUT2D eigenvalue weighted by molar-refractivity contribution is 0.0697. The van der Waals surface area contributed by atoms with Crippen LogP contribution in [0.1, 0.15) is 10.4 Å². The Balaban J connectivity index is 0.000000151. The molecule has 4 heteroatoms. The van der Waals surface area contributed by atoms with Gasteiger partial charge in [-0.05, 0) is 29.7 Å². The molecule has 0 spiro atoms. The van der Waals surface area contributed by atoms with Gasteiger partial charge >= 0.3 is 11.6 Å². The van der Waals surface area contributed by atoms with Crippen molar-refractivity contribution in [2.45, 2.75) is 0 Å². The van der Waals surface area contributed by atoms with Crippen LogP contribution in [0.15, 0.2) is 76.1 Å². The topological polar surface area (TPSA) is 67.5 Å². The number of carbonyl (C=O) groups is 1. The van der Waals surface area contributed by atoms with E-state index < -0.39 is 5.97 Å². The lowest BCUT2D eigenvalue weighted by Crippen LogP contribution is -1.96. The molecule has 0 amide bonds. The summed E-state index contributed by atoms with van der Waals surface area (Å²) >= 11 is 0. The van der Waals surface area contributed by atoms with Crippen LogP contribution in [-0.2, 0) is 0 Å². The number of aromatic carboxylic acids is 1. The fourth-order valence-electron chi connectivity index (χ4n) is 1.64. The average Bonchev–Trinajstić information content (AvgIpc) is 2.49. The summed E-state index contributed by atoms with van der Waals surface area (Å²) in [6.45, 7) is 0. The van der Waals surface area contributed by atoms with Gasteiger partial charge in [0.2, 0.25) is 0 Å². The fraction of sp³-hybridized carbons (Fsp3) is 0. The highest BCUT2D eigenvalue weighted by Crippen LogP contribution is 2.06. The Labute approximate surface area is 114 Å². The summed E-state index contributed by atoms with van der Waals surface area (Å²) in [5, 5.41) is 9.94. The van der Waals surface area contributed by atoms with E-state index in [9.17, 15) is 9.59 Å². The minimum absolute atomic E-state index is 0.275. The standard InChI is InChI=1S/C9H6O2.C7H6O2/c10-9-8-4-2-1-3-7(8)5-6-11-9;8-7(9)6-4-2-1-3-5-6/h1-6H;1-5H,(H,8,9). The average molecular weight is 268 g/mol. The third kappa shape index (κ3) is 3.32. The van der Waals surface area contributed by atoms with E-state index in [0.717, 1.165) is 5.39 Å². The summed E-state index contributed by atoms with van der Waals surface area (Å²) < 4.78 is 4.68. The lowest BCUT2D eigenvalue weighted by Gasteiger charge is -1.91. The summed E-state index contributed by atoms with van der Waals surface area (Å²) in [6.07, 6.45) is 1.41. The highest BCUT2D eigenvalue weighted by atomic mass is 16.4. The number of hydrogen-bond donors (Lipinski definition) is 1. The fourth-order valence-corrected chi connectivity index (χ4v) is 1.64. The number of carboxylic acids is 1. The van der Waals surface area contributed by atoms with E-state index in [2.05, 4.69) is 4.42 Å². The van der Waals surface area contributed by atoms with Crippen molar-refractivity contribution in [2.75, 3.05) is 0 Å². The molecule has 1 aromatic heterocycles. The third-order valence-electron chi connectivity index (χ3n) is 2.62. The Kier molecular flexibility index (Phi) is 4.29. The Morgan fingerprint density at radius 2 is 1.55 bits per heavy atom. The van der Waals surface area contributed by atoms with Crippen LogP contribution in [0.25, 0.3) is 10.8 Å². The molecule has 20 heavy (non-hydrogen) atoms. The van der Waals surface area contributed by atoms with Crippen LogP contribution in [0.4, 0.5) is 0 Å². The zero-order valence-corrected chi connectivity index (χ0v) is 10.5. The van der Waals surface area contributed by atoms with Gasteiger partial charge < -0.3 is 9.52 Å². The van der Waals surface area contributed by atoms with Gasteiger partial charge in [0.25, 0.3) is 0 Å². The van der Waals surface area contributed by atoms with Crippen molar-refractivity contribution >= 4 is 16.7 Å². The highest BCUT2D eigenvalue weighted by Gasteiger charge is 1.96. The first-order valence-electron chi connectivity index (χ1n) is 5.93. The first kappa shape index (κ1) is 13.5. The molecular formula is C16H12O4. The summed E-state index contributed by atoms with van der Waals surface area (Å²) in [5.74, 6) is -0.879. The minimum atomic E-state index is -0.879. The third-order valence-corrected chi connectivity index (χ3v) is 2.62. The van der Waals surface area contributed by atoms with Gasteiger partial charge in [-0.2, -0.15) is 0 Å². The van der Waals surface area contributed by atoms with Crippen molar-refractivity contribution in [1.29, 1.82) is 0 Å².